The van der Waals surface area contributed by atoms with Gasteiger partial charge in [-0.25, -0.2) is 9.59 Å². The van der Waals surface area contributed by atoms with Crippen molar-refractivity contribution in [2.24, 2.45) is 5.41 Å². The Labute approximate surface area is 209 Å². The van der Waals surface area contributed by atoms with Crippen LogP contribution in [0.4, 0.5) is 5.69 Å². The molecule has 2 aromatic rings. The van der Waals surface area contributed by atoms with Crippen LogP contribution >= 0.6 is 11.8 Å². The van der Waals surface area contributed by atoms with Crippen LogP contribution in [0.25, 0.3) is 0 Å². The van der Waals surface area contributed by atoms with Crippen LogP contribution in [0.5, 0.6) is 0 Å². The van der Waals surface area contributed by atoms with Crippen molar-refractivity contribution in [1.29, 1.82) is 0 Å². The van der Waals surface area contributed by atoms with Gasteiger partial charge in [0.1, 0.15) is 11.5 Å². The normalized spacial score (nSPS) is 10.8. The molecule has 0 aliphatic rings. The Hall–Kier alpha value is -3.31. The molecule has 0 bridgehead atoms. The molecule has 35 heavy (non-hydrogen) atoms. The Kier molecular flexibility index (Phi) is 12.0. The van der Waals surface area contributed by atoms with Gasteiger partial charge in [0, 0.05) is 29.0 Å². The fourth-order valence-electron chi connectivity index (χ4n) is 2.46. The summed E-state index contributed by atoms with van der Waals surface area (Å²) in [6.07, 6.45) is 0. The van der Waals surface area contributed by atoms with Crippen LogP contribution in [-0.2, 0) is 26.7 Å². The van der Waals surface area contributed by atoms with Crippen LogP contribution in [0.15, 0.2) is 40.8 Å². The number of carbonyl (C=O) groups excluding carboxylic acids is 2. The SMILES string of the molecule is CN(C)Cc1ccc(CSCCNC(=O)c2cccc(NC(=O)C(C)(C)C)c2)o1.O=C(O)C(=O)O. The molecule has 2 rings (SSSR count). The number of anilines is 1. The summed E-state index contributed by atoms with van der Waals surface area (Å²) in [5.41, 5.74) is 0.663. The maximum Gasteiger partial charge on any atom is 0.414 e. The van der Waals surface area contributed by atoms with E-state index in [0.29, 0.717) is 17.8 Å². The van der Waals surface area contributed by atoms with Crippen LogP contribution in [-0.4, -0.2) is 65.3 Å². The van der Waals surface area contributed by atoms with Gasteiger partial charge in [-0.05, 0) is 44.4 Å². The predicted molar refractivity (Wildman–Crippen MR) is 134 cm³/mol. The molecule has 0 saturated carbocycles. The van der Waals surface area contributed by atoms with Gasteiger partial charge in [-0.3, -0.25) is 9.59 Å². The van der Waals surface area contributed by atoms with E-state index in [1.54, 1.807) is 36.0 Å². The van der Waals surface area contributed by atoms with Crippen molar-refractivity contribution in [2.45, 2.75) is 33.1 Å². The van der Waals surface area contributed by atoms with Crippen molar-refractivity contribution in [3.05, 3.63) is 53.5 Å². The smallest absolute Gasteiger partial charge is 0.414 e. The first-order chi connectivity index (χ1) is 16.3. The highest BCUT2D eigenvalue weighted by molar-refractivity contribution is 7.98. The van der Waals surface area contributed by atoms with E-state index in [0.717, 1.165) is 29.6 Å². The first-order valence-corrected chi connectivity index (χ1v) is 11.9. The number of thioether (sulfide) groups is 1. The van der Waals surface area contributed by atoms with E-state index in [1.807, 2.05) is 47.0 Å². The highest BCUT2D eigenvalue weighted by Gasteiger charge is 2.21. The van der Waals surface area contributed by atoms with Gasteiger partial charge in [0.05, 0.1) is 12.3 Å². The minimum Gasteiger partial charge on any atom is -0.473 e. The van der Waals surface area contributed by atoms with E-state index in [1.165, 1.54) is 0 Å². The van der Waals surface area contributed by atoms with Crippen LogP contribution in [0.1, 0.15) is 42.6 Å². The number of benzene rings is 1. The molecular weight excluding hydrogens is 474 g/mol. The predicted octanol–water partition coefficient (Wildman–Crippen LogP) is 3.14. The largest absolute Gasteiger partial charge is 0.473 e. The molecular formula is C24H33N3O7S. The summed E-state index contributed by atoms with van der Waals surface area (Å²) in [5.74, 6) is -0.419. The lowest BCUT2D eigenvalue weighted by Gasteiger charge is -2.18. The summed E-state index contributed by atoms with van der Waals surface area (Å²) in [7, 11) is 4.02. The fraction of sp³-hybridized carbons (Fsp3) is 0.417. The third-order valence-electron chi connectivity index (χ3n) is 4.21. The minimum atomic E-state index is -1.82. The van der Waals surface area contributed by atoms with Gasteiger partial charge >= 0.3 is 11.9 Å². The lowest BCUT2D eigenvalue weighted by Crippen LogP contribution is -2.28. The number of carbonyl (C=O) groups is 4. The van der Waals surface area contributed by atoms with Gasteiger partial charge in [-0.2, -0.15) is 11.8 Å². The van der Waals surface area contributed by atoms with Gasteiger partial charge in [0.25, 0.3) is 5.91 Å². The van der Waals surface area contributed by atoms with Crippen LogP contribution in [0.3, 0.4) is 0 Å². The molecule has 11 heteroatoms. The molecule has 1 heterocycles. The Balaban J connectivity index is 0.000000905. The number of aliphatic carboxylic acids is 2. The molecule has 4 N–H and O–H groups in total. The molecule has 0 aliphatic heterocycles. The second-order valence-corrected chi connectivity index (χ2v) is 9.91. The molecule has 0 unspecified atom stereocenters. The van der Waals surface area contributed by atoms with Crippen molar-refractivity contribution in [3.63, 3.8) is 0 Å². The van der Waals surface area contributed by atoms with Gasteiger partial charge < -0.3 is 30.2 Å². The molecule has 0 aliphatic carbocycles. The zero-order chi connectivity index (χ0) is 26.6. The van der Waals surface area contributed by atoms with Crippen molar-refractivity contribution < 1.29 is 33.8 Å². The number of nitrogens with zero attached hydrogens (tertiary/aromatic N) is 1. The number of carboxylic acids is 2. The number of furan rings is 1. The summed E-state index contributed by atoms with van der Waals surface area (Å²) in [6.45, 7) is 6.90. The Morgan fingerprint density at radius 2 is 1.63 bits per heavy atom. The van der Waals surface area contributed by atoms with Crippen molar-refractivity contribution in [2.75, 3.05) is 31.7 Å². The average molecular weight is 508 g/mol. The molecule has 1 aromatic carbocycles. The first-order valence-electron chi connectivity index (χ1n) is 10.8. The Bertz CT molecular complexity index is 1000. The zero-order valence-electron chi connectivity index (χ0n) is 20.6. The molecule has 0 fully saturated rings. The number of hydrogen-bond acceptors (Lipinski definition) is 7. The average Bonchev–Trinajstić information content (AvgIpc) is 3.19. The van der Waals surface area contributed by atoms with Gasteiger partial charge in [-0.15, -0.1) is 0 Å². The number of carboxylic acid groups (broad SMARTS) is 2. The van der Waals surface area contributed by atoms with Crippen LogP contribution < -0.4 is 10.6 Å². The molecule has 0 saturated heterocycles. The summed E-state index contributed by atoms with van der Waals surface area (Å²) in [5, 5.41) is 20.5. The van der Waals surface area contributed by atoms with Crippen molar-refractivity contribution in [1.82, 2.24) is 10.2 Å². The van der Waals surface area contributed by atoms with E-state index < -0.39 is 17.4 Å². The van der Waals surface area contributed by atoms with E-state index in [9.17, 15) is 9.59 Å². The topological polar surface area (TPSA) is 149 Å². The third kappa shape index (κ3) is 12.1. The van der Waals surface area contributed by atoms with Crippen molar-refractivity contribution in [3.8, 4) is 0 Å². The second-order valence-electron chi connectivity index (χ2n) is 8.81. The van der Waals surface area contributed by atoms with E-state index >= 15 is 0 Å². The summed E-state index contributed by atoms with van der Waals surface area (Å²) in [6, 6.07) is 11.0. The highest BCUT2D eigenvalue weighted by atomic mass is 32.2. The third-order valence-corrected chi connectivity index (χ3v) is 5.19. The molecule has 2 amide bonds. The molecule has 192 valence electrons. The number of hydrogen-bond donors (Lipinski definition) is 4. The summed E-state index contributed by atoms with van der Waals surface area (Å²) in [4.78, 5) is 44.7. The second kappa shape index (κ2) is 14.2. The van der Waals surface area contributed by atoms with E-state index in [-0.39, 0.29) is 11.8 Å². The van der Waals surface area contributed by atoms with Gasteiger partial charge in [-0.1, -0.05) is 26.8 Å². The molecule has 0 radical (unpaired) electrons. The molecule has 0 atom stereocenters. The standard InChI is InChI=1S/C22H31N3O3S.C2H2O4/c1-22(2,3)21(27)24-17-8-6-7-16(13-17)20(26)23-11-12-29-15-19-10-9-18(28-19)14-25(4)5;3-1(4)2(5)6/h6-10,13H,11-12,14-15H2,1-5H3,(H,23,26)(H,24,27);(H,3,4)(H,5,6). The molecule has 10 nitrogen and oxygen atoms in total. The Morgan fingerprint density at radius 1 is 1.00 bits per heavy atom. The number of rotatable bonds is 9. The van der Waals surface area contributed by atoms with Gasteiger partial charge in [0.15, 0.2) is 0 Å². The lowest BCUT2D eigenvalue weighted by molar-refractivity contribution is -0.159. The zero-order valence-corrected chi connectivity index (χ0v) is 21.4. The van der Waals surface area contributed by atoms with Crippen LogP contribution in [0, 0.1) is 5.41 Å². The van der Waals surface area contributed by atoms with E-state index in [4.69, 9.17) is 24.2 Å². The lowest BCUT2D eigenvalue weighted by atomic mass is 9.95. The highest BCUT2D eigenvalue weighted by Crippen LogP contribution is 2.19. The molecule has 0 spiro atoms. The maximum absolute atomic E-state index is 12.4. The van der Waals surface area contributed by atoms with Gasteiger partial charge in [0.2, 0.25) is 5.91 Å². The van der Waals surface area contributed by atoms with Crippen molar-refractivity contribution >= 4 is 41.2 Å². The Morgan fingerprint density at radius 3 is 2.20 bits per heavy atom. The first kappa shape index (κ1) is 29.7. The van der Waals surface area contributed by atoms with Crippen LogP contribution in [0.2, 0.25) is 0 Å². The minimum absolute atomic E-state index is 0.0851. The summed E-state index contributed by atoms with van der Waals surface area (Å²) >= 11 is 1.71. The maximum atomic E-state index is 12.4. The monoisotopic (exact) mass is 507 g/mol. The van der Waals surface area contributed by atoms with E-state index in [2.05, 4.69) is 15.5 Å². The number of nitrogens with one attached hydrogen (secondary N) is 2. The summed E-state index contributed by atoms with van der Waals surface area (Å²) < 4.78 is 5.78. The molecule has 1 aromatic heterocycles. The fourth-order valence-corrected chi connectivity index (χ4v) is 3.21. The quantitative estimate of drug-likeness (QED) is 0.296. The number of amides is 2.